The minimum absolute atomic E-state index is 0.217. The van der Waals surface area contributed by atoms with Crippen molar-refractivity contribution < 1.29 is 19.8 Å². The summed E-state index contributed by atoms with van der Waals surface area (Å²) in [7, 11) is 0. The van der Waals surface area contributed by atoms with Crippen molar-refractivity contribution in [2.45, 2.75) is 62.2 Å². The standard InChI is InChI=1S/C24H32N2O4S/c1-3-5-7-13-25-21-11-9-17(15-19(21)23(27)28)31-18-10-12-22(20(16-18)24(29)30)26-14-8-6-4-2/h9-12,15-16,25-26H,3-8,13-14H2,1-2H3,(H,27,28)(H,29,30). The number of benzene rings is 2. The Morgan fingerprint density at radius 2 is 1.16 bits per heavy atom. The Morgan fingerprint density at radius 1 is 0.742 bits per heavy atom. The van der Waals surface area contributed by atoms with E-state index in [1.165, 1.54) is 11.8 Å². The van der Waals surface area contributed by atoms with Crippen LogP contribution in [-0.2, 0) is 0 Å². The van der Waals surface area contributed by atoms with Crippen LogP contribution in [0.2, 0.25) is 0 Å². The summed E-state index contributed by atoms with van der Waals surface area (Å²) in [5.41, 5.74) is 1.64. The van der Waals surface area contributed by atoms with Crippen molar-refractivity contribution in [2.75, 3.05) is 23.7 Å². The molecule has 0 saturated carbocycles. The van der Waals surface area contributed by atoms with E-state index in [0.29, 0.717) is 11.4 Å². The number of unbranched alkanes of at least 4 members (excludes halogenated alkanes) is 4. The summed E-state index contributed by atoms with van der Waals surface area (Å²) >= 11 is 1.35. The smallest absolute Gasteiger partial charge is 0.337 e. The van der Waals surface area contributed by atoms with Crippen molar-refractivity contribution in [2.24, 2.45) is 0 Å². The van der Waals surface area contributed by atoms with Gasteiger partial charge in [-0.2, -0.15) is 0 Å². The van der Waals surface area contributed by atoms with E-state index in [1.54, 1.807) is 24.3 Å². The van der Waals surface area contributed by atoms with E-state index in [9.17, 15) is 19.8 Å². The molecule has 0 spiro atoms. The highest BCUT2D eigenvalue weighted by Crippen LogP contribution is 2.33. The Balaban J connectivity index is 2.15. The number of hydrogen-bond acceptors (Lipinski definition) is 5. The quantitative estimate of drug-likeness (QED) is 0.249. The number of nitrogens with one attached hydrogen (secondary N) is 2. The van der Waals surface area contributed by atoms with Crippen molar-refractivity contribution in [3.05, 3.63) is 47.5 Å². The first kappa shape index (κ1) is 24.6. The summed E-state index contributed by atoms with van der Waals surface area (Å²) in [5.74, 6) is -1.98. The van der Waals surface area contributed by atoms with Crippen LogP contribution in [0.15, 0.2) is 46.2 Å². The molecule has 0 radical (unpaired) electrons. The van der Waals surface area contributed by atoms with E-state index in [1.807, 2.05) is 12.1 Å². The molecular formula is C24H32N2O4S. The molecule has 0 fully saturated rings. The van der Waals surface area contributed by atoms with Crippen LogP contribution in [0, 0.1) is 0 Å². The third kappa shape index (κ3) is 7.83. The number of rotatable bonds is 14. The minimum atomic E-state index is -0.988. The molecule has 2 aromatic carbocycles. The third-order valence-corrected chi connectivity index (χ3v) is 5.85. The zero-order chi connectivity index (χ0) is 22.6. The van der Waals surface area contributed by atoms with Crippen molar-refractivity contribution in [3.63, 3.8) is 0 Å². The van der Waals surface area contributed by atoms with Crippen molar-refractivity contribution in [3.8, 4) is 0 Å². The highest BCUT2D eigenvalue weighted by atomic mass is 32.2. The van der Waals surface area contributed by atoms with Gasteiger partial charge in [-0.25, -0.2) is 9.59 Å². The summed E-state index contributed by atoms with van der Waals surface area (Å²) in [6.45, 7) is 5.71. The first-order chi connectivity index (χ1) is 15.0. The SMILES string of the molecule is CCCCCNc1ccc(Sc2ccc(NCCCCC)c(C(=O)O)c2)cc1C(=O)O. The monoisotopic (exact) mass is 444 g/mol. The van der Waals surface area contributed by atoms with Crippen LogP contribution in [0.3, 0.4) is 0 Å². The number of aromatic carboxylic acids is 2. The fourth-order valence-corrected chi connectivity index (χ4v) is 4.07. The summed E-state index contributed by atoms with van der Waals surface area (Å²) in [6, 6.07) is 10.5. The van der Waals surface area contributed by atoms with Gasteiger partial charge < -0.3 is 20.8 Å². The maximum atomic E-state index is 11.7. The first-order valence-corrected chi connectivity index (χ1v) is 11.7. The lowest BCUT2D eigenvalue weighted by atomic mass is 10.1. The van der Waals surface area contributed by atoms with Gasteiger partial charge in [0.05, 0.1) is 11.1 Å². The lowest BCUT2D eigenvalue weighted by Gasteiger charge is -2.13. The number of hydrogen-bond donors (Lipinski definition) is 4. The lowest BCUT2D eigenvalue weighted by Crippen LogP contribution is -2.08. The maximum absolute atomic E-state index is 11.7. The molecule has 0 aromatic heterocycles. The van der Waals surface area contributed by atoms with Crippen LogP contribution in [0.25, 0.3) is 0 Å². The molecule has 2 rings (SSSR count). The lowest BCUT2D eigenvalue weighted by molar-refractivity contribution is 0.0686. The molecular weight excluding hydrogens is 412 g/mol. The minimum Gasteiger partial charge on any atom is -0.478 e. The summed E-state index contributed by atoms with van der Waals surface area (Å²) in [5, 5.41) is 25.6. The second-order valence-corrected chi connectivity index (χ2v) is 8.54. The highest BCUT2D eigenvalue weighted by Gasteiger charge is 2.14. The Kier molecular flexibility index (Phi) is 10.2. The van der Waals surface area contributed by atoms with Crippen LogP contribution in [0.4, 0.5) is 11.4 Å². The van der Waals surface area contributed by atoms with Crippen molar-refractivity contribution in [1.82, 2.24) is 0 Å². The van der Waals surface area contributed by atoms with E-state index in [2.05, 4.69) is 24.5 Å². The predicted octanol–water partition coefficient (Wildman–Crippen LogP) is 6.44. The Labute approximate surface area is 188 Å². The van der Waals surface area contributed by atoms with Gasteiger partial charge in [0, 0.05) is 34.3 Å². The van der Waals surface area contributed by atoms with Crippen molar-refractivity contribution >= 4 is 35.1 Å². The molecule has 0 amide bonds. The fourth-order valence-electron chi connectivity index (χ4n) is 3.17. The van der Waals surface area contributed by atoms with Gasteiger partial charge >= 0.3 is 11.9 Å². The molecule has 0 aliphatic carbocycles. The molecule has 0 aliphatic rings. The molecule has 168 valence electrons. The van der Waals surface area contributed by atoms with Crippen LogP contribution in [-0.4, -0.2) is 35.2 Å². The molecule has 0 unspecified atom stereocenters. The van der Waals surface area contributed by atoms with E-state index in [-0.39, 0.29) is 11.1 Å². The molecule has 0 bridgehead atoms. The summed E-state index contributed by atoms with van der Waals surface area (Å²) in [4.78, 5) is 24.9. The molecule has 2 aromatic rings. The van der Waals surface area contributed by atoms with Crippen LogP contribution < -0.4 is 10.6 Å². The molecule has 31 heavy (non-hydrogen) atoms. The highest BCUT2D eigenvalue weighted by molar-refractivity contribution is 7.99. The normalized spacial score (nSPS) is 10.6. The summed E-state index contributed by atoms with van der Waals surface area (Å²) in [6.07, 6.45) is 6.38. The van der Waals surface area contributed by atoms with Crippen molar-refractivity contribution in [1.29, 1.82) is 0 Å². The predicted molar refractivity (Wildman–Crippen MR) is 127 cm³/mol. The van der Waals surface area contributed by atoms with Gasteiger partial charge in [0.25, 0.3) is 0 Å². The Morgan fingerprint density at radius 3 is 1.52 bits per heavy atom. The number of anilines is 2. The zero-order valence-corrected chi connectivity index (χ0v) is 19.1. The molecule has 6 nitrogen and oxygen atoms in total. The van der Waals surface area contributed by atoms with E-state index in [4.69, 9.17) is 0 Å². The first-order valence-electron chi connectivity index (χ1n) is 10.9. The third-order valence-electron chi connectivity index (χ3n) is 4.87. The van der Waals surface area contributed by atoms with Gasteiger partial charge in [0.1, 0.15) is 0 Å². The molecule has 7 heteroatoms. The Bertz CT molecular complexity index is 814. The number of carbonyl (C=O) groups is 2. The van der Waals surface area contributed by atoms with Gasteiger partial charge in [-0.1, -0.05) is 51.3 Å². The second-order valence-electron chi connectivity index (χ2n) is 7.39. The zero-order valence-electron chi connectivity index (χ0n) is 18.2. The fraction of sp³-hybridized carbons (Fsp3) is 0.417. The average Bonchev–Trinajstić information content (AvgIpc) is 2.75. The van der Waals surface area contributed by atoms with E-state index < -0.39 is 11.9 Å². The second kappa shape index (κ2) is 12.9. The van der Waals surface area contributed by atoms with Crippen LogP contribution in [0.5, 0.6) is 0 Å². The summed E-state index contributed by atoms with van der Waals surface area (Å²) < 4.78 is 0. The van der Waals surface area contributed by atoms with E-state index >= 15 is 0 Å². The van der Waals surface area contributed by atoms with Gasteiger partial charge in [-0.3, -0.25) is 0 Å². The van der Waals surface area contributed by atoms with Gasteiger partial charge in [-0.05, 0) is 49.2 Å². The number of carboxylic acid groups (broad SMARTS) is 2. The van der Waals surface area contributed by atoms with E-state index in [0.717, 1.165) is 61.4 Å². The molecule has 0 atom stereocenters. The Hall–Kier alpha value is -2.67. The van der Waals surface area contributed by atoms with Gasteiger partial charge in [-0.15, -0.1) is 0 Å². The largest absolute Gasteiger partial charge is 0.478 e. The average molecular weight is 445 g/mol. The topological polar surface area (TPSA) is 98.7 Å². The molecule has 0 aliphatic heterocycles. The molecule has 0 heterocycles. The van der Waals surface area contributed by atoms with Gasteiger partial charge in [0.2, 0.25) is 0 Å². The van der Waals surface area contributed by atoms with Crippen LogP contribution >= 0.6 is 11.8 Å². The maximum Gasteiger partial charge on any atom is 0.337 e. The molecule has 4 N–H and O–H groups in total. The van der Waals surface area contributed by atoms with Gasteiger partial charge in [0.15, 0.2) is 0 Å². The molecule has 0 saturated heterocycles. The number of carboxylic acids is 2. The van der Waals surface area contributed by atoms with Crippen LogP contribution in [0.1, 0.15) is 73.1 Å².